The van der Waals surface area contributed by atoms with Crippen LogP contribution in [0.3, 0.4) is 0 Å². The Balaban J connectivity index is 1.40. The number of nitrogens with one attached hydrogen (secondary N) is 2. The van der Waals surface area contributed by atoms with Crippen LogP contribution in [-0.4, -0.2) is 27.9 Å². The molecule has 2 heterocycles. The maximum absolute atomic E-state index is 12.2. The molecule has 0 bridgehead atoms. The zero-order valence-corrected chi connectivity index (χ0v) is 13.6. The number of aromatic amines is 1. The maximum atomic E-state index is 12.2. The van der Waals surface area contributed by atoms with Crippen molar-refractivity contribution in [1.82, 2.24) is 15.2 Å². The molecule has 126 valence electrons. The fraction of sp³-hybridized carbons (Fsp3) is 0.167. The van der Waals surface area contributed by atoms with Gasteiger partial charge in [0.1, 0.15) is 5.82 Å². The molecule has 0 radical (unpaired) electrons. The lowest BCUT2D eigenvalue weighted by Crippen LogP contribution is -2.14. The van der Waals surface area contributed by atoms with Crippen molar-refractivity contribution in [3.8, 4) is 22.9 Å². The smallest absolute Gasteiger partial charge is 0.231 e. The maximum Gasteiger partial charge on any atom is 0.231 e. The van der Waals surface area contributed by atoms with Gasteiger partial charge in [0.2, 0.25) is 12.7 Å². The number of H-pyrrole nitrogens is 1. The highest BCUT2D eigenvalue weighted by atomic mass is 16.7. The number of anilines is 1. The molecule has 7 nitrogen and oxygen atoms in total. The van der Waals surface area contributed by atoms with Crippen LogP contribution in [0.4, 0.5) is 5.69 Å². The first-order chi connectivity index (χ1) is 12.2. The SMILES string of the molecule is Cc1nc(-c2ccc(NC(=O)Cc3ccc4c(c3)OCO4)cc2)n[nH]1. The molecule has 1 amide bonds. The van der Waals surface area contributed by atoms with E-state index in [9.17, 15) is 4.79 Å². The van der Waals surface area contributed by atoms with E-state index in [4.69, 9.17) is 9.47 Å². The molecule has 0 fully saturated rings. The number of carbonyl (C=O) groups excluding carboxylic acids is 1. The highest BCUT2D eigenvalue weighted by molar-refractivity contribution is 5.92. The third-order valence-electron chi connectivity index (χ3n) is 3.83. The average Bonchev–Trinajstić information content (AvgIpc) is 3.24. The van der Waals surface area contributed by atoms with Gasteiger partial charge in [-0.1, -0.05) is 6.07 Å². The molecular weight excluding hydrogens is 320 g/mol. The van der Waals surface area contributed by atoms with Crippen molar-refractivity contribution in [2.45, 2.75) is 13.3 Å². The largest absolute Gasteiger partial charge is 0.454 e. The highest BCUT2D eigenvalue weighted by Gasteiger charge is 2.14. The van der Waals surface area contributed by atoms with E-state index in [1.54, 1.807) is 0 Å². The van der Waals surface area contributed by atoms with Gasteiger partial charge in [-0.3, -0.25) is 9.89 Å². The fourth-order valence-corrected chi connectivity index (χ4v) is 2.62. The molecule has 0 saturated carbocycles. The minimum Gasteiger partial charge on any atom is -0.454 e. The first kappa shape index (κ1) is 15.2. The molecule has 2 N–H and O–H groups in total. The molecule has 0 unspecified atom stereocenters. The van der Waals surface area contributed by atoms with Crippen molar-refractivity contribution >= 4 is 11.6 Å². The first-order valence-corrected chi connectivity index (χ1v) is 7.85. The van der Waals surface area contributed by atoms with Crippen LogP contribution in [0.25, 0.3) is 11.4 Å². The monoisotopic (exact) mass is 336 g/mol. The van der Waals surface area contributed by atoms with Gasteiger partial charge in [-0.05, 0) is 48.9 Å². The van der Waals surface area contributed by atoms with Crippen LogP contribution >= 0.6 is 0 Å². The molecule has 0 spiro atoms. The van der Waals surface area contributed by atoms with Crippen molar-refractivity contribution < 1.29 is 14.3 Å². The van der Waals surface area contributed by atoms with E-state index in [1.165, 1.54) is 0 Å². The molecule has 1 aliphatic rings. The summed E-state index contributed by atoms with van der Waals surface area (Å²) >= 11 is 0. The molecule has 7 heteroatoms. The Morgan fingerprint density at radius 3 is 2.72 bits per heavy atom. The van der Waals surface area contributed by atoms with E-state index >= 15 is 0 Å². The van der Waals surface area contributed by atoms with Gasteiger partial charge in [0.05, 0.1) is 6.42 Å². The zero-order valence-electron chi connectivity index (χ0n) is 13.6. The summed E-state index contributed by atoms with van der Waals surface area (Å²) in [5, 5.41) is 9.81. The number of amides is 1. The Morgan fingerprint density at radius 1 is 1.16 bits per heavy atom. The average molecular weight is 336 g/mol. The number of benzene rings is 2. The number of fused-ring (bicyclic) bond motifs is 1. The summed E-state index contributed by atoms with van der Waals surface area (Å²) in [6.45, 7) is 2.07. The van der Waals surface area contributed by atoms with Crippen molar-refractivity contribution in [2.24, 2.45) is 0 Å². The Kier molecular flexibility index (Phi) is 3.81. The minimum absolute atomic E-state index is 0.0969. The minimum atomic E-state index is -0.0969. The molecule has 2 aromatic carbocycles. The van der Waals surface area contributed by atoms with Crippen molar-refractivity contribution in [3.63, 3.8) is 0 Å². The summed E-state index contributed by atoms with van der Waals surface area (Å²) in [5.41, 5.74) is 2.48. The van der Waals surface area contributed by atoms with E-state index in [1.807, 2.05) is 49.4 Å². The molecule has 0 aliphatic carbocycles. The lowest BCUT2D eigenvalue weighted by atomic mass is 10.1. The lowest BCUT2D eigenvalue weighted by Gasteiger charge is -2.06. The molecular formula is C18H16N4O3. The number of ether oxygens (including phenoxy) is 2. The van der Waals surface area contributed by atoms with Crippen molar-refractivity contribution in [2.75, 3.05) is 12.1 Å². The Bertz CT molecular complexity index is 918. The molecule has 0 atom stereocenters. The quantitative estimate of drug-likeness (QED) is 0.764. The number of aryl methyl sites for hydroxylation is 1. The van der Waals surface area contributed by atoms with Crippen LogP contribution in [-0.2, 0) is 11.2 Å². The number of hydrogen-bond acceptors (Lipinski definition) is 5. The Morgan fingerprint density at radius 2 is 1.96 bits per heavy atom. The number of rotatable bonds is 4. The normalized spacial score (nSPS) is 12.2. The van der Waals surface area contributed by atoms with Crippen molar-refractivity contribution in [3.05, 3.63) is 53.9 Å². The topological polar surface area (TPSA) is 89.1 Å². The lowest BCUT2D eigenvalue weighted by molar-refractivity contribution is -0.115. The van der Waals surface area contributed by atoms with Gasteiger partial charge in [0.15, 0.2) is 17.3 Å². The van der Waals surface area contributed by atoms with Crippen molar-refractivity contribution in [1.29, 1.82) is 0 Å². The van der Waals surface area contributed by atoms with E-state index in [0.29, 0.717) is 17.3 Å². The molecule has 25 heavy (non-hydrogen) atoms. The summed E-state index contributed by atoms with van der Waals surface area (Å²) in [4.78, 5) is 16.5. The Hall–Kier alpha value is -3.35. The summed E-state index contributed by atoms with van der Waals surface area (Å²) in [6, 6.07) is 12.9. The molecule has 4 rings (SSSR count). The zero-order chi connectivity index (χ0) is 17.2. The summed E-state index contributed by atoms with van der Waals surface area (Å²) < 4.78 is 10.6. The second-order valence-corrected chi connectivity index (χ2v) is 5.73. The summed E-state index contributed by atoms with van der Waals surface area (Å²) in [6.07, 6.45) is 0.262. The number of aromatic nitrogens is 3. The number of carbonyl (C=O) groups is 1. The van der Waals surface area contributed by atoms with E-state index in [-0.39, 0.29) is 19.1 Å². The van der Waals surface area contributed by atoms with Crippen LogP contribution in [0.2, 0.25) is 0 Å². The number of nitrogens with zero attached hydrogens (tertiary/aromatic N) is 2. The Labute approximate surface area is 144 Å². The van der Waals surface area contributed by atoms with Gasteiger partial charge < -0.3 is 14.8 Å². The fourth-order valence-electron chi connectivity index (χ4n) is 2.62. The van der Waals surface area contributed by atoms with Crippen LogP contribution < -0.4 is 14.8 Å². The summed E-state index contributed by atoms with van der Waals surface area (Å²) in [7, 11) is 0. The molecule has 1 aromatic heterocycles. The van der Waals surface area contributed by atoms with Gasteiger partial charge in [-0.25, -0.2) is 4.98 Å². The third kappa shape index (κ3) is 3.30. The molecule has 1 aliphatic heterocycles. The van der Waals surface area contributed by atoms with Crippen LogP contribution in [0.5, 0.6) is 11.5 Å². The second kappa shape index (κ2) is 6.27. The van der Waals surface area contributed by atoms with Crippen LogP contribution in [0.15, 0.2) is 42.5 Å². The highest BCUT2D eigenvalue weighted by Crippen LogP contribution is 2.32. The van der Waals surface area contributed by atoms with Crippen LogP contribution in [0.1, 0.15) is 11.4 Å². The third-order valence-corrected chi connectivity index (χ3v) is 3.83. The van der Waals surface area contributed by atoms with Gasteiger partial charge >= 0.3 is 0 Å². The first-order valence-electron chi connectivity index (χ1n) is 7.85. The van der Waals surface area contributed by atoms with Gasteiger partial charge in [0, 0.05) is 11.3 Å². The predicted octanol–water partition coefficient (Wildman–Crippen LogP) is 2.69. The van der Waals surface area contributed by atoms with Gasteiger partial charge in [-0.2, -0.15) is 5.10 Å². The van der Waals surface area contributed by atoms with E-state index in [0.717, 1.165) is 22.6 Å². The second-order valence-electron chi connectivity index (χ2n) is 5.73. The molecule has 0 saturated heterocycles. The van der Waals surface area contributed by atoms with E-state index < -0.39 is 0 Å². The standard InChI is InChI=1S/C18H16N4O3/c1-11-19-18(22-21-11)13-3-5-14(6-4-13)20-17(23)9-12-2-7-15-16(8-12)25-10-24-15/h2-8H,9-10H2,1H3,(H,20,23)(H,19,21,22). The van der Waals surface area contributed by atoms with Gasteiger partial charge in [-0.15, -0.1) is 0 Å². The van der Waals surface area contributed by atoms with Gasteiger partial charge in [0.25, 0.3) is 0 Å². The van der Waals surface area contributed by atoms with Crippen LogP contribution in [0, 0.1) is 6.92 Å². The summed E-state index contributed by atoms with van der Waals surface area (Å²) in [5.74, 6) is 2.69. The molecule has 3 aromatic rings. The number of hydrogen-bond donors (Lipinski definition) is 2. The predicted molar refractivity (Wildman–Crippen MR) is 91.5 cm³/mol. The van der Waals surface area contributed by atoms with E-state index in [2.05, 4.69) is 20.5 Å².